The van der Waals surface area contributed by atoms with E-state index in [4.69, 9.17) is 14.6 Å². The first-order chi connectivity index (χ1) is 17.1. The molecule has 3 aromatic carbocycles. The van der Waals surface area contributed by atoms with Crippen molar-refractivity contribution < 1.29 is 14.3 Å². The van der Waals surface area contributed by atoms with E-state index in [2.05, 4.69) is 12.2 Å². The second-order valence-corrected chi connectivity index (χ2v) is 8.37. The third kappa shape index (κ3) is 6.09. The standard InChI is InChI=1S/C29H31N3O3/c1-4-27-26(18-19-28(33)30-20-22-8-6-5-7-9-22)29(35-25-14-10-21(2)11-15-25)32(31-27)23-12-16-24(34-3)17-13-23/h5-17H,4,18-20H2,1-3H3,(H,30,33). The summed E-state index contributed by atoms with van der Waals surface area (Å²) in [6, 6.07) is 25.5. The molecule has 1 heterocycles. The number of methoxy groups -OCH3 is 1. The van der Waals surface area contributed by atoms with Crippen LogP contribution in [0.15, 0.2) is 78.9 Å². The number of aromatic nitrogens is 2. The van der Waals surface area contributed by atoms with Gasteiger partial charge in [0.2, 0.25) is 11.8 Å². The van der Waals surface area contributed by atoms with Gasteiger partial charge in [-0.1, -0.05) is 55.0 Å². The molecule has 1 aromatic heterocycles. The zero-order valence-corrected chi connectivity index (χ0v) is 20.5. The third-order valence-electron chi connectivity index (χ3n) is 5.84. The van der Waals surface area contributed by atoms with Crippen molar-refractivity contribution in [3.63, 3.8) is 0 Å². The van der Waals surface area contributed by atoms with Crippen LogP contribution in [0.1, 0.15) is 35.7 Å². The van der Waals surface area contributed by atoms with E-state index < -0.39 is 0 Å². The highest BCUT2D eigenvalue weighted by Gasteiger charge is 2.21. The predicted molar refractivity (Wildman–Crippen MR) is 137 cm³/mol. The molecule has 0 aliphatic heterocycles. The van der Waals surface area contributed by atoms with E-state index in [1.54, 1.807) is 7.11 Å². The van der Waals surface area contributed by atoms with Crippen molar-refractivity contribution in [3.05, 3.63) is 101 Å². The monoisotopic (exact) mass is 469 g/mol. The van der Waals surface area contributed by atoms with Crippen LogP contribution < -0.4 is 14.8 Å². The normalized spacial score (nSPS) is 10.7. The van der Waals surface area contributed by atoms with E-state index in [1.165, 1.54) is 0 Å². The molecule has 0 radical (unpaired) electrons. The van der Waals surface area contributed by atoms with Crippen LogP contribution in [0.5, 0.6) is 17.4 Å². The first-order valence-corrected chi connectivity index (χ1v) is 11.9. The second-order valence-electron chi connectivity index (χ2n) is 8.37. The number of nitrogens with one attached hydrogen (secondary N) is 1. The Balaban J connectivity index is 1.60. The summed E-state index contributed by atoms with van der Waals surface area (Å²) in [7, 11) is 1.64. The maximum Gasteiger partial charge on any atom is 0.226 e. The number of amides is 1. The summed E-state index contributed by atoms with van der Waals surface area (Å²) in [6.45, 7) is 4.62. The molecular weight excluding hydrogens is 438 g/mol. The fraction of sp³-hybridized carbons (Fsp3) is 0.241. The average molecular weight is 470 g/mol. The summed E-state index contributed by atoms with van der Waals surface area (Å²) < 4.78 is 13.5. The number of ether oxygens (including phenoxy) is 2. The summed E-state index contributed by atoms with van der Waals surface area (Å²) in [4.78, 5) is 12.7. The summed E-state index contributed by atoms with van der Waals surface area (Å²) in [5.74, 6) is 2.12. The second kappa shape index (κ2) is 11.4. The molecule has 0 aliphatic carbocycles. The number of carbonyl (C=O) groups excluding carboxylic acids is 1. The van der Waals surface area contributed by atoms with Gasteiger partial charge in [0.1, 0.15) is 11.5 Å². The van der Waals surface area contributed by atoms with E-state index >= 15 is 0 Å². The molecule has 180 valence electrons. The molecule has 0 unspecified atom stereocenters. The van der Waals surface area contributed by atoms with Crippen molar-refractivity contribution in [3.8, 4) is 23.1 Å². The van der Waals surface area contributed by atoms with Crippen molar-refractivity contribution in [2.45, 2.75) is 39.7 Å². The number of hydrogen-bond donors (Lipinski definition) is 1. The Labute approximate surface area is 206 Å². The molecule has 0 saturated heterocycles. The van der Waals surface area contributed by atoms with Gasteiger partial charge in [0, 0.05) is 18.5 Å². The van der Waals surface area contributed by atoms with Crippen molar-refractivity contribution in [1.29, 1.82) is 0 Å². The zero-order chi connectivity index (χ0) is 24.6. The average Bonchev–Trinajstić information content (AvgIpc) is 3.25. The molecule has 6 nitrogen and oxygen atoms in total. The molecule has 0 aliphatic rings. The molecule has 0 atom stereocenters. The molecule has 0 spiro atoms. The third-order valence-corrected chi connectivity index (χ3v) is 5.84. The Hall–Kier alpha value is -4.06. The number of nitrogens with zero attached hydrogens (tertiary/aromatic N) is 2. The molecular formula is C29H31N3O3. The van der Waals surface area contributed by atoms with Crippen LogP contribution in [0.4, 0.5) is 0 Å². The summed E-state index contributed by atoms with van der Waals surface area (Å²) in [6.07, 6.45) is 1.61. The van der Waals surface area contributed by atoms with Gasteiger partial charge in [0.25, 0.3) is 0 Å². The van der Waals surface area contributed by atoms with Gasteiger partial charge in [-0.25, -0.2) is 4.68 Å². The van der Waals surface area contributed by atoms with Crippen LogP contribution in [0.3, 0.4) is 0 Å². The van der Waals surface area contributed by atoms with Gasteiger partial charge in [-0.05, 0) is 61.7 Å². The van der Waals surface area contributed by atoms with Crippen molar-refractivity contribution in [2.75, 3.05) is 7.11 Å². The minimum atomic E-state index is -0.00519. The molecule has 4 aromatic rings. The maximum atomic E-state index is 12.7. The summed E-state index contributed by atoms with van der Waals surface area (Å²) >= 11 is 0. The van der Waals surface area contributed by atoms with Crippen LogP contribution >= 0.6 is 0 Å². The lowest BCUT2D eigenvalue weighted by Crippen LogP contribution is -2.23. The fourth-order valence-corrected chi connectivity index (χ4v) is 3.86. The lowest BCUT2D eigenvalue weighted by Gasteiger charge is -2.12. The van der Waals surface area contributed by atoms with Crippen LogP contribution in [0, 0.1) is 6.92 Å². The molecule has 0 bridgehead atoms. The van der Waals surface area contributed by atoms with E-state index in [0.29, 0.717) is 25.3 Å². The Morgan fingerprint density at radius 3 is 2.29 bits per heavy atom. The molecule has 1 N–H and O–H groups in total. The predicted octanol–water partition coefficient (Wildman–Crippen LogP) is 5.79. The minimum absolute atomic E-state index is 0.00519. The van der Waals surface area contributed by atoms with Gasteiger partial charge >= 0.3 is 0 Å². The smallest absolute Gasteiger partial charge is 0.226 e. The lowest BCUT2D eigenvalue weighted by atomic mass is 10.1. The van der Waals surface area contributed by atoms with E-state index in [0.717, 1.165) is 46.0 Å². The number of aryl methyl sites for hydroxylation is 2. The van der Waals surface area contributed by atoms with Crippen LogP contribution in [-0.4, -0.2) is 22.8 Å². The van der Waals surface area contributed by atoms with Crippen LogP contribution in [0.25, 0.3) is 5.69 Å². The number of carbonyl (C=O) groups is 1. The van der Waals surface area contributed by atoms with Gasteiger partial charge in [-0.15, -0.1) is 0 Å². The van der Waals surface area contributed by atoms with Crippen LogP contribution in [-0.2, 0) is 24.2 Å². The molecule has 35 heavy (non-hydrogen) atoms. The highest BCUT2D eigenvalue weighted by molar-refractivity contribution is 5.76. The van der Waals surface area contributed by atoms with Gasteiger partial charge in [0.15, 0.2) is 0 Å². The zero-order valence-electron chi connectivity index (χ0n) is 20.5. The van der Waals surface area contributed by atoms with Crippen molar-refractivity contribution in [1.82, 2.24) is 15.1 Å². The molecule has 6 heteroatoms. The largest absolute Gasteiger partial charge is 0.497 e. The summed E-state index contributed by atoms with van der Waals surface area (Å²) in [5, 5.41) is 7.87. The van der Waals surface area contributed by atoms with Crippen LogP contribution in [0.2, 0.25) is 0 Å². The minimum Gasteiger partial charge on any atom is -0.497 e. The maximum absolute atomic E-state index is 12.7. The molecule has 4 rings (SSSR count). The number of hydrogen-bond acceptors (Lipinski definition) is 4. The quantitative estimate of drug-likeness (QED) is 0.319. The highest BCUT2D eigenvalue weighted by Crippen LogP contribution is 2.32. The number of benzene rings is 3. The lowest BCUT2D eigenvalue weighted by molar-refractivity contribution is -0.121. The SMILES string of the molecule is CCc1nn(-c2ccc(OC)cc2)c(Oc2ccc(C)cc2)c1CCC(=O)NCc1ccccc1. The van der Waals surface area contributed by atoms with Crippen molar-refractivity contribution in [2.24, 2.45) is 0 Å². The first kappa shape index (κ1) is 24.1. The Morgan fingerprint density at radius 1 is 0.943 bits per heavy atom. The Bertz CT molecular complexity index is 1250. The molecule has 1 amide bonds. The van der Waals surface area contributed by atoms with E-state index in [-0.39, 0.29) is 5.91 Å². The van der Waals surface area contributed by atoms with Crippen molar-refractivity contribution >= 4 is 5.91 Å². The summed E-state index contributed by atoms with van der Waals surface area (Å²) in [5.41, 5.74) is 4.95. The molecule has 0 saturated carbocycles. The molecule has 0 fully saturated rings. The Morgan fingerprint density at radius 2 is 1.63 bits per heavy atom. The van der Waals surface area contributed by atoms with Gasteiger partial charge in [-0.3, -0.25) is 4.79 Å². The van der Waals surface area contributed by atoms with E-state index in [9.17, 15) is 4.79 Å². The number of rotatable bonds is 10. The van der Waals surface area contributed by atoms with E-state index in [1.807, 2.05) is 90.5 Å². The fourth-order valence-electron chi connectivity index (χ4n) is 3.86. The van der Waals surface area contributed by atoms with Gasteiger partial charge < -0.3 is 14.8 Å². The Kier molecular flexibility index (Phi) is 7.83. The highest BCUT2D eigenvalue weighted by atomic mass is 16.5. The first-order valence-electron chi connectivity index (χ1n) is 11.9. The topological polar surface area (TPSA) is 65.4 Å². The van der Waals surface area contributed by atoms with Gasteiger partial charge in [0.05, 0.1) is 18.5 Å². The van der Waals surface area contributed by atoms with Gasteiger partial charge in [-0.2, -0.15) is 5.10 Å².